The predicted molar refractivity (Wildman–Crippen MR) is 93.4 cm³/mol. The van der Waals surface area contributed by atoms with Gasteiger partial charge in [0, 0.05) is 5.56 Å². The molecule has 0 fully saturated rings. The van der Waals surface area contributed by atoms with Crippen molar-refractivity contribution < 1.29 is 27.8 Å². The number of rotatable bonds is 5. The minimum absolute atomic E-state index is 0.0105. The highest BCUT2D eigenvalue weighted by molar-refractivity contribution is 7.21. The molecule has 0 aliphatic carbocycles. The van der Waals surface area contributed by atoms with Crippen molar-refractivity contribution in [1.29, 1.82) is 0 Å². The Morgan fingerprint density at radius 1 is 1.30 bits per heavy atom. The summed E-state index contributed by atoms with van der Waals surface area (Å²) in [6.07, 6.45) is -4.54. The summed E-state index contributed by atoms with van der Waals surface area (Å²) < 4.78 is 44.4. The highest BCUT2D eigenvalue weighted by Crippen LogP contribution is 2.40. The monoisotopic (exact) mass is 398 g/mol. The third-order valence-electron chi connectivity index (χ3n) is 3.58. The Morgan fingerprint density at radius 2 is 2.04 bits per heavy atom. The lowest BCUT2D eigenvalue weighted by atomic mass is 10.0. The van der Waals surface area contributed by atoms with Crippen molar-refractivity contribution in [2.24, 2.45) is 5.73 Å². The van der Waals surface area contributed by atoms with Crippen LogP contribution in [0.4, 0.5) is 18.9 Å². The van der Waals surface area contributed by atoms with Crippen molar-refractivity contribution in [2.75, 3.05) is 18.9 Å². The maximum atomic E-state index is 13.1. The van der Waals surface area contributed by atoms with E-state index in [1.165, 1.54) is 12.1 Å². The number of hydrogen-bond donors (Lipinski definition) is 3. The van der Waals surface area contributed by atoms with E-state index in [-0.39, 0.29) is 51.3 Å². The van der Waals surface area contributed by atoms with Crippen LogP contribution >= 0.6 is 11.3 Å². The Balaban J connectivity index is 2.28. The van der Waals surface area contributed by atoms with Gasteiger partial charge in [-0.3, -0.25) is 4.79 Å². The van der Waals surface area contributed by atoms with Gasteiger partial charge in [0.15, 0.2) is 0 Å². The van der Waals surface area contributed by atoms with Gasteiger partial charge in [-0.15, -0.1) is 11.3 Å². The lowest BCUT2D eigenvalue weighted by Gasteiger charge is -2.11. The number of nitrogen functional groups attached to an aromatic ring is 1. The standard InChI is InChI=1S/C16H13F3N4O3S/c17-16(18,19)8-3-1-2-7(6-8)11-9-10(20)12(13(21)25)27-14(9)23-15(22-11)26-5-4-24/h1-3,6,24H,4-5,20H2,(H2,21,25). The number of aromatic nitrogens is 2. The summed E-state index contributed by atoms with van der Waals surface area (Å²) in [6.45, 7) is -0.420. The van der Waals surface area contributed by atoms with Gasteiger partial charge in [-0.2, -0.15) is 23.1 Å². The van der Waals surface area contributed by atoms with Crippen molar-refractivity contribution in [3.8, 4) is 17.3 Å². The van der Waals surface area contributed by atoms with Gasteiger partial charge in [-0.05, 0) is 12.1 Å². The predicted octanol–water partition coefficient (Wildman–Crippen LogP) is 2.43. The number of aliphatic hydroxyl groups excluding tert-OH is 1. The van der Waals surface area contributed by atoms with E-state index in [4.69, 9.17) is 21.3 Å². The first-order valence-electron chi connectivity index (χ1n) is 7.53. The third kappa shape index (κ3) is 3.64. The van der Waals surface area contributed by atoms with Crippen LogP contribution in [0.1, 0.15) is 15.2 Å². The molecular weight excluding hydrogens is 385 g/mol. The molecule has 0 aliphatic rings. The van der Waals surface area contributed by atoms with Gasteiger partial charge in [-0.1, -0.05) is 12.1 Å². The van der Waals surface area contributed by atoms with E-state index in [0.717, 1.165) is 23.5 Å². The number of amides is 1. The fourth-order valence-corrected chi connectivity index (χ4v) is 3.38. The van der Waals surface area contributed by atoms with Crippen LogP contribution < -0.4 is 16.2 Å². The van der Waals surface area contributed by atoms with Crippen LogP contribution in [0.25, 0.3) is 21.5 Å². The molecule has 5 N–H and O–H groups in total. The number of alkyl halides is 3. The molecule has 3 rings (SSSR count). The number of halogens is 3. The number of carbonyl (C=O) groups is 1. The van der Waals surface area contributed by atoms with Crippen molar-refractivity contribution in [3.63, 3.8) is 0 Å². The Morgan fingerprint density at radius 3 is 2.67 bits per heavy atom. The number of nitrogens with two attached hydrogens (primary N) is 2. The fraction of sp³-hybridized carbons (Fsp3) is 0.188. The quantitative estimate of drug-likeness (QED) is 0.606. The van der Waals surface area contributed by atoms with Crippen molar-refractivity contribution in [2.45, 2.75) is 6.18 Å². The van der Waals surface area contributed by atoms with Crippen LogP contribution in [0.5, 0.6) is 6.01 Å². The molecule has 0 atom stereocenters. The normalized spacial score (nSPS) is 11.7. The van der Waals surface area contributed by atoms with E-state index in [9.17, 15) is 18.0 Å². The summed E-state index contributed by atoms with van der Waals surface area (Å²) in [4.78, 5) is 20.1. The SMILES string of the molecule is NC(=O)c1sc2nc(OCCO)nc(-c3cccc(C(F)(F)F)c3)c2c1N. The molecule has 27 heavy (non-hydrogen) atoms. The number of hydrogen-bond acceptors (Lipinski definition) is 7. The van der Waals surface area contributed by atoms with Crippen molar-refractivity contribution in [3.05, 3.63) is 34.7 Å². The van der Waals surface area contributed by atoms with Crippen LogP contribution in [-0.2, 0) is 6.18 Å². The summed E-state index contributed by atoms with van der Waals surface area (Å²) in [6, 6.07) is 4.34. The van der Waals surface area contributed by atoms with E-state index >= 15 is 0 Å². The number of primary amides is 1. The number of ether oxygens (including phenoxy) is 1. The van der Waals surface area contributed by atoms with Gasteiger partial charge in [-0.25, -0.2) is 0 Å². The smallest absolute Gasteiger partial charge is 0.416 e. The fourth-order valence-electron chi connectivity index (χ4n) is 2.44. The maximum absolute atomic E-state index is 13.1. The van der Waals surface area contributed by atoms with Crippen molar-refractivity contribution >= 4 is 33.1 Å². The first kappa shape index (κ1) is 18.9. The Hall–Kier alpha value is -2.92. The van der Waals surface area contributed by atoms with E-state index in [1.54, 1.807) is 0 Å². The summed E-state index contributed by atoms with van der Waals surface area (Å²) in [5, 5.41) is 9.10. The first-order valence-corrected chi connectivity index (χ1v) is 8.35. The topological polar surface area (TPSA) is 124 Å². The maximum Gasteiger partial charge on any atom is 0.416 e. The van der Waals surface area contributed by atoms with Gasteiger partial charge in [0.25, 0.3) is 5.91 Å². The largest absolute Gasteiger partial charge is 0.461 e. The summed E-state index contributed by atoms with van der Waals surface area (Å²) >= 11 is 0.883. The highest BCUT2D eigenvalue weighted by atomic mass is 32.1. The molecule has 1 amide bonds. The lowest BCUT2D eigenvalue weighted by molar-refractivity contribution is -0.137. The van der Waals surface area contributed by atoms with E-state index < -0.39 is 17.6 Å². The molecule has 7 nitrogen and oxygen atoms in total. The highest BCUT2D eigenvalue weighted by Gasteiger charge is 2.31. The van der Waals surface area contributed by atoms with Crippen LogP contribution in [-0.4, -0.2) is 34.2 Å². The van der Waals surface area contributed by atoms with Crippen LogP contribution in [0.2, 0.25) is 0 Å². The van der Waals surface area contributed by atoms with Crippen LogP contribution in [0.15, 0.2) is 24.3 Å². The third-order valence-corrected chi connectivity index (χ3v) is 4.69. The number of anilines is 1. The molecule has 0 radical (unpaired) electrons. The zero-order chi connectivity index (χ0) is 19.8. The second kappa shape index (κ2) is 7.00. The average Bonchev–Trinajstić information content (AvgIpc) is 2.96. The molecule has 0 spiro atoms. The first-order chi connectivity index (χ1) is 12.7. The zero-order valence-corrected chi connectivity index (χ0v) is 14.4. The molecule has 2 aromatic heterocycles. The second-order valence-corrected chi connectivity index (χ2v) is 6.39. The molecule has 11 heteroatoms. The molecule has 0 saturated carbocycles. The Kier molecular flexibility index (Phi) is 4.89. The minimum atomic E-state index is -4.54. The zero-order valence-electron chi connectivity index (χ0n) is 13.6. The van der Waals surface area contributed by atoms with Crippen LogP contribution in [0, 0.1) is 0 Å². The lowest BCUT2D eigenvalue weighted by Crippen LogP contribution is -2.10. The number of benzene rings is 1. The van der Waals surface area contributed by atoms with Crippen molar-refractivity contribution in [1.82, 2.24) is 9.97 Å². The summed E-state index contributed by atoms with van der Waals surface area (Å²) in [7, 11) is 0. The molecule has 0 unspecified atom stereocenters. The van der Waals surface area contributed by atoms with E-state index in [1.807, 2.05) is 0 Å². The number of fused-ring (bicyclic) bond motifs is 1. The Labute approximate surface area is 154 Å². The number of nitrogens with zero attached hydrogens (tertiary/aromatic N) is 2. The molecule has 3 aromatic rings. The molecule has 0 aliphatic heterocycles. The minimum Gasteiger partial charge on any atom is -0.461 e. The molecule has 1 aromatic carbocycles. The van der Waals surface area contributed by atoms with Gasteiger partial charge in [0.1, 0.15) is 16.3 Å². The number of aliphatic hydroxyl groups is 1. The number of carbonyl (C=O) groups excluding carboxylic acids is 1. The molecule has 142 valence electrons. The summed E-state index contributed by atoms with van der Waals surface area (Å²) in [5.74, 6) is -0.789. The Bertz CT molecular complexity index is 1020. The van der Waals surface area contributed by atoms with Gasteiger partial charge in [0.05, 0.1) is 28.9 Å². The summed E-state index contributed by atoms with van der Waals surface area (Å²) in [5.41, 5.74) is 10.6. The molecule has 0 saturated heterocycles. The molecule has 2 heterocycles. The molecular formula is C16H13F3N4O3S. The number of thiophene rings is 1. The van der Waals surface area contributed by atoms with Gasteiger partial charge in [0.2, 0.25) is 0 Å². The van der Waals surface area contributed by atoms with Gasteiger partial charge < -0.3 is 21.3 Å². The molecule has 0 bridgehead atoms. The van der Waals surface area contributed by atoms with Crippen LogP contribution in [0.3, 0.4) is 0 Å². The van der Waals surface area contributed by atoms with E-state index in [0.29, 0.717) is 0 Å². The van der Waals surface area contributed by atoms with Gasteiger partial charge >= 0.3 is 12.2 Å². The average molecular weight is 398 g/mol. The van der Waals surface area contributed by atoms with E-state index in [2.05, 4.69) is 9.97 Å². The second-order valence-electron chi connectivity index (χ2n) is 5.39.